The van der Waals surface area contributed by atoms with Crippen molar-refractivity contribution in [2.45, 2.75) is 26.8 Å². The number of carbonyl (C=O) groups excluding carboxylic acids is 1. The van der Waals surface area contributed by atoms with Gasteiger partial charge < -0.3 is 15.2 Å². The molecule has 3 aromatic rings. The number of fused-ring (bicyclic) bond motifs is 1. The Morgan fingerprint density at radius 2 is 1.88 bits per heavy atom. The van der Waals surface area contributed by atoms with Crippen LogP contribution in [0.3, 0.4) is 0 Å². The number of nitrogen functional groups attached to an aromatic ring is 1. The summed E-state index contributed by atoms with van der Waals surface area (Å²) in [5.74, 6) is -0.0727. The highest BCUT2D eigenvalue weighted by molar-refractivity contribution is 7.91. The highest BCUT2D eigenvalue weighted by atomic mass is 32.2. The van der Waals surface area contributed by atoms with Gasteiger partial charge in [-0.3, -0.25) is 19.4 Å². The van der Waals surface area contributed by atoms with Crippen LogP contribution in [0.4, 0.5) is 5.82 Å². The molecular formula is C20H27N7O4S. The van der Waals surface area contributed by atoms with Crippen molar-refractivity contribution in [3.05, 3.63) is 28.3 Å². The second kappa shape index (κ2) is 7.76. The van der Waals surface area contributed by atoms with E-state index in [1.54, 1.807) is 23.9 Å². The zero-order chi connectivity index (χ0) is 23.4. The number of sulfone groups is 1. The standard InChI is InChI=1S/C20H27N7O4S/c1-11(2)12(3)27-10-13(17-16(20(27)29)18(21)23-22-17)14-9-15(25(4)24-14)19(28)26-5-7-32(30,31)8-6-26/h9-12H,5-8H2,1-4H3,(H3,21,22,23)/t12-/m0/s1. The molecule has 1 amide bonds. The van der Waals surface area contributed by atoms with Crippen molar-refractivity contribution in [1.29, 1.82) is 0 Å². The van der Waals surface area contributed by atoms with E-state index < -0.39 is 9.84 Å². The molecule has 0 spiro atoms. The molecule has 1 atom stereocenters. The van der Waals surface area contributed by atoms with Gasteiger partial charge in [0.25, 0.3) is 11.5 Å². The average molecular weight is 462 g/mol. The summed E-state index contributed by atoms with van der Waals surface area (Å²) in [4.78, 5) is 27.6. The maximum absolute atomic E-state index is 13.1. The average Bonchev–Trinajstić information content (AvgIpc) is 3.30. The van der Waals surface area contributed by atoms with Gasteiger partial charge in [-0.1, -0.05) is 13.8 Å². The van der Waals surface area contributed by atoms with E-state index in [1.165, 1.54) is 9.58 Å². The van der Waals surface area contributed by atoms with Crippen LogP contribution in [0.25, 0.3) is 22.2 Å². The van der Waals surface area contributed by atoms with Gasteiger partial charge in [-0.05, 0) is 18.9 Å². The Balaban J connectivity index is 1.80. The minimum atomic E-state index is -3.10. The summed E-state index contributed by atoms with van der Waals surface area (Å²) in [5.41, 5.74) is 7.62. The predicted molar refractivity (Wildman–Crippen MR) is 121 cm³/mol. The number of pyridine rings is 1. The van der Waals surface area contributed by atoms with Crippen LogP contribution in [0.1, 0.15) is 37.3 Å². The zero-order valence-corrected chi connectivity index (χ0v) is 19.3. The molecule has 1 fully saturated rings. The van der Waals surface area contributed by atoms with E-state index in [9.17, 15) is 18.0 Å². The van der Waals surface area contributed by atoms with E-state index >= 15 is 0 Å². The predicted octanol–water partition coefficient (Wildman–Crippen LogP) is 0.795. The number of rotatable bonds is 4. The number of nitrogens with one attached hydrogen (secondary N) is 1. The molecule has 32 heavy (non-hydrogen) atoms. The summed E-state index contributed by atoms with van der Waals surface area (Å²) in [6.45, 7) is 6.31. The number of aromatic nitrogens is 5. The number of nitrogens with two attached hydrogens (primary N) is 1. The van der Waals surface area contributed by atoms with Crippen molar-refractivity contribution in [1.82, 2.24) is 29.4 Å². The number of amides is 1. The van der Waals surface area contributed by atoms with Crippen molar-refractivity contribution in [2.75, 3.05) is 30.3 Å². The Kier molecular flexibility index (Phi) is 5.35. The first kappa shape index (κ1) is 22.1. The molecule has 0 bridgehead atoms. The lowest BCUT2D eigenvalue weighted by molar-refractivity contribution is 0.0759. The lowest BCUT2D eigenvalue weighted by Crippen LogP contribution is -2.44. The number of anilines is 1. The number of aromatic amines is 1. The smallest absolute Gasteiger partial charge is 0.272 e. The van der Waals surface area contributed by atoms with Gasteiger partial charge in [0.1, 0.15) is 11.1 Å². The summed E-state index contributed by atoms with van der Waals surface area (Å²) in [6.07, 6.45) is 1.72. The molecule has 1 saturated heterocycles. The van der Waals surface area contributed by atoms with Gasteiger partial charge in [0, 0.05) is 37.9 Å². The van der Waals surface area contributed by atoms with Gasteiger partial charge >= 0.3 is 0 Å². The monoisotopic (exact) mass is 461 g/mol. The summed E-state index contributed by atoms with van der Waals surface area (Å²) >= 11 is 0. The van der Waals surface area contributed by atoms with E-state index in [0.29, 0.717) is 22.5 Å². The molecule has 11 nitrogen and oxygen atoms in total. The first-order chi connectivity index (χ1) is 15.0. The molecule has 0 aromatic carbocycles. The second-order valence-electron chi connectivity index (χ2n) is 8.58. The first-order valence-electron chi connectivity index (χ1n) is 10.4. The molecule has 4 heterocycles. The van der Waals surface area contributed by atoms with Gasteiger partial charge in [0.2, 0.25) is 0 Å². The van der Waals surface area contributed by atoms with Crippen LogP contribution < -0.4 is 11.3 Å². The third-order valence-corrected chi connectivity index (χ3v) is 7.80. The van der Waals surface area contributed by atoms with Gasteiger partial charge in [-0.2, -0.15) is 10.2 Å². The third-order valence-electron chi connectivity index (χ3n) is 6.19. The van der Waals surface area contributed by atoms with Gasteiger partial charge in [0.15, 0.2) is 15.7 Å². The van der Waals surface area contributed by atoms with Crippen molar-refractivity contribution in [2.24, 2.45) is 13.0 Å². The zero-order valence-electron chi connectivity index (χ0n) is 18.5. The Labute approximate surface area is 185 Å². The number of carbonyl (C=O) groups is 1. The number of hydrogen-bond donors (Lipinski definition) is 2. The molecule has 0 unspecified atom stereocenters. The fourth-order valence-electron chi connectivity index (χ4n) is 3.85. The van der Waals surface area contributed by atoms with Crippen molar-refractivity contribution < 1.29 is 13.2 Å². The van der Waals surface area contributed by atoms with Crippen LogP contribution in [-0.4, -0.2) is 68.4 Å². The summed E-state index contributed by atoms with van der Waals surface area (Å²) in [5, 5.41) is 11.6. The second-order valence-corrected chi connectivity index (χ2v) is 10.9. The Morgan fingerprint density at radius 1 is 1.22 bits per heavy atom. The van der Waals surface area contributed by atoms with E-state index in [1.807, 2.05) is 20.8 Å². The molecular weight excluding hydrogens is 434 g/mol. The quantitative estimate of drug-likeness (QED) is 0.583. The fourth-order valence-corrected chi connectivity index (χ4v) is 5.05. The van der Waals surface area contributed by atoms with Crippen molar-refractivity contribution in [3.8, 4) is 11.3 Å². The topological polar surface area (TPSA) is 149 Å². The molecule has 1 aliphatic heterocycles. The molecule has 4 rings (SSSR count). The Hall–Kier alpha value is -3.15. The first-order valence-corrected chi connectivity index (χ1v) is 12.2. The Morgan fingerprint density at radius 3 is 2.50 bits per heavy atom. The van der Waals surface area contributed by atoms with Crippen molar-refractivity contribution in [3.63, 3.8) is 0 Å². The maximum Gasteiger partial charge on any atom is 0.272 e. The van der Waals surface area contributed by atoms with Gasteiger partial charge in [-0.25, -0.2) is 8.42 Å². The minimum Gasteiger partial charge on any atom is -0.382 e. The SMILES string of the molecule is CC(C)[C@H](C)n1cc(-c2cc(C(=O)N3CCS(=O)(=O)CC3)n(C)n2)c2[nH]nc(N)c2c1=O. The summed E-state index contributed by atoms with van der Waals surface area (Å²) < 4.78 is 26.5. The normalized spacial score (nSPS) is 17.2. The number of hydrogen-bond acceptors (Lipinski definition) is 7. The van der Waals surface area contributed by atoms with Crippen LogP contribution in [0.2, 0.25) is 0 Å². The Bertz CT molecular complexity index is 1350. The van der Waals surface area contributed by atoms with Crippen LogP contribution in [0, 0.1) is 5.92 Å². The molecule has 12 heteroatoms. The molecule has 1 aliphatic rings. The van der Waals surface area contributed by atoms with Crippen LogP contribution in [0.15, 0.2) is 17.1 Å². The van der Waals surface area contributed by atoms with E-state index in [-0.39, 0.29) is 59.2 Å². The third kappa shape index (κ3) is 3.68. The van der Waals surface area contributed by atoms with Crippen LogP contribution in [0.5, 0.6) is 0 Å². The van der Waals surface area contributed by atoms with E-state index in [2.05, 4.69) is 15.3 Å². The summed E-state index contributed by atoms with van der Waals surface area (Å²) in [7, 11) is -1.44. The molecule has 0 aliphatic carbocycles. The largest absolute Gasteiger partial charge is 0.382 e. The van der Waals surface area contributed by atoms with Crippen LogP contribution in [-0.2, 0) is 16.9 Å². The molecule has 0 saturated carbocycles. The highest BCUT2D eigenvalue weighted by Gasteiger charge is 2.28. The number of nitrogens with zero attached hydrogens (tertiary/aromatic N) is 5. The minimum absolute atomic E-state index is 0.0461. The fraction of sp³-hybridized carbons (Fsp3) is 0.500. The highest BCUT2D eigenvalue weighted by Crippen LogP contribution is 2.29. The number of aryl methyl sites for hydroxylation is 1. The van der Waals surface area contributed by atoms with Crippen LogP contribution >= 0.6 is 0 Å². The van der Waals surface area contributed by atoms with Crippen molar-refractivity contribution >= 4 is 32.5 Å². The molecule has 0 radical (unpaired) electrons. The molecule has 3 aromatic heterocycles. The number of H-pyrrole nitrogens is 1. The molecule has 172 valence electrons. The maximum atomic E-state index is 13.1. The summed E-state index contributed by atoms with van der Waals surface area (Å²) in [6, 6.07) is 1.55. The molecule has 3 N–H and O–H groups in total. The van der Waals surface area contributed by atoms with E-state index in [0.717, 1.165) is 0 Å². The lowest BCUT2D eigenvalue weighted by atomic mass is 10.0. The van der Waals surface area contributed by atoms with E-state index in [4.69, 9.17) is 5.73 Å². The van der Waals surface area contributed by atoms with Gasteiger partial charge in [0.05, 0.1) is 22.7 Å². The van der Waals surface area contributed by atoms with Gasteiger partial charge in [-0.15, -0.1) is 0 Å². The lowest BCUT2D eigenvalue weighted by Gasteiger charge is -2.26.